The van der Waals surface area contributed by atoms with Gasteiger partial charge in [0.2, 0.25) is 0 Å². The fourth-order valence-electron chi connectivity index (χ4n) is 12.2. The van der Waals surface area contributed by atoms with E-state index in [0.717, 1.165) is 112 Å². The lowest BCUT2D eigenvalue weighted by Crippen LogP contribution is -2.29. The Balaban J connectivity index is 1.34. The van der Waals surface area contributed by atoms with Gasteiger partial charge in [-0.2, -0.15) is 0 Å². The minimum absolute atomic E-state index is 0.877. The van der Waals surface area contributed by atoms with E-state index in [1.54, 1.807) is 0 Å². The van der Waals surface area contributed by atoms with Gasteiger partial charge in [-0.25, -0.2) is 9.97 Å². The van der Waals surface area contributed by atoms with Gasteiger partial charge in [0, 0.05) is 66.6 Å². The van der Waals surface area contributed by atoms with E-state index in [4.69, 9.17) is 9.97 Å². The molecule has 3 aromatic heterocycles. The van der Waals surface area contributed by atoms with E-state index >= 15 is 0 Å². The zero-order valence-corrected chi connectivity index (χ0v) is 56.2. The second-order valence-corrected chi connectivity index (χ2v) is 42.9. The molecule has 4 aromatic carbocycles. The van der Waals surface area contributed by atoms with Crippen LogP contribution in [-0.4, -0.2) is 52.2 Å². The van der Waals surface area contributed by atoms with Crippen LogP contribution in [0, 0.1) is 45.9 Å². The Morgan fingerprint density at radius 2 is 0.440 bits per heavy atom. The minimum atomic E-state index is -1.64. The summed E-state index contributed by atoms with van der Waals surface area (Å²) in [5.41, 5.74) is 35.1. The summed E-state index contributed by atoms with van der Waals surface area (Å²) in [6, 6.07) is 58.2. The highest BCUT2D eigenvalue weighted by Gasteiger charge is 2.28. The van der Waals surface area contributed by atoms with Crippen molar-refractivity contribution in [2.75, 3.05) is 0 Å². The van der Waals surface area contributed by atoms with Crippen molar-refractivity contribution >= 4 is 78.7 Å². The number of aromatic nitrogens is 4. The molecule has 0 saturated heterocycles. The highest BCUT2D eigenvalue weighted by atomic mass is 28.3. The summed E-state index contributed by atoms with van der Waals surface area (Å²) >= 11 is 0. The van der Waals surface area contributed by atoms with Gasteiger partial charge in [-0.1, -0.05) is 155 Å². The Hall–Kier alpha value is -7.41. The largest absolute Gasteiger partial charge is 0.354 e. The van der Waals surface area contributed by atoms with Crippen LogP contribution < -0.4 is 0 Å². The Bertz CT molecular complexity index is 3450. The van der Waals surface area contributed by atoms with Crippen LogP contribution in [0.4, 0.5) is 0 Å². The topological polar surface area (TPSA) is 57.4 Å². The number of H-pyrrole nitrogens is 2. The molecule has 0 aliphatic carbocycles. The summed E-state index contributed by atoms with van der Waals surface area (Å²) in [4.78, 5) is 19.3. The summed E-state index contributed by atoms with van der Waals surface area (Å²) in [5, 5.41) is 0. The number of nitrogens with one attached hydrogen (secondary N) is 2. The molecule has 0 unspecified atom stereocenters. The fourth-order valence-corrected chi connectivity index (χ4v) is 21.9. The summed E-state index contributed by atoms with van der Waals surface area (Å²) in [6.07, 6.45) is 8.75. The zero-order chi connectivity index (χ0) is 59.5. The normalized spacial score (nSPS) is 12.1. The Morgan fingerprint density at radius 1 is 0.262 bits per heavy atom. The number of aromatic amines is 2. The average molecular weight is 1170 g/mol. The van der Waals surface area contributed by atoms with Crippen molar-refractivity contribution in [2.45, 2.75) is 156 Å². The van der Waals surface area contributed by atoms with Crippen molar-refractivity contribution in [3.8, 4) is 90.4 Å². The second kappa shape index (κ2) is 27.1. The van der Waals surface area contributed by atoms with Crippen LogP contribution in [-0.2, 0) is 0 Å². The molecule has 426 valence electrons. The van der Waals surface area contributed by atoms with E-state index in [2.05, 4.69) is 285 Å². The number of benzene rings is 4. The van der Waals surface area contributed by atoms with Crippen molar-refractivity contribution in [3.05, 3.63) is 166 Å². The number of nitrogens with zero attached hydrogens (tertiary/aromatic N) is 2. The van der Waals surface area contributed by atoms with Crippen LogP contribution in [0.15, 0.2) is 121 Å². The fraction of sp³-hybridized carbons (Fsp3) is 0.316. The van der Waals surface area contributed by atoms with Gasteiger partial charge in [-0.05, 0) is 192 Å². The molecule has 7 aromatic rings. The van der Waals surface area contributed by atoms with Crippen molar-refractivity contribution in [3.63, 3.8) is 0 Å². The van der Waals surface area contributed by atoms with Gasteiger partial charge in [0.25, 0.3) is 0 Å². The van der Waals surface area contributed by atoms with Crippen LogP contribution in [0.5, 0.6) is 0 Å². The lowest BCUT2D eigenvalue weighted by molar-refractivity contribution is 1.20. The molecule has 0 spiro atoms. The van der Waals surface area contributed by atoms with Gasteiger partial charge in [0.15, 0.2) is 0 Å². The Morgan fingerprint density at radius 3 is 0.607 bits per heavy atom. The Labute approximate surface area is 507 Å². The average Bonchev–Trinajstić information content (AvgIpc) is 3.27. The van der Waals surface area contributed by atoms with Crippen LogP contribution in [0.3, 0.4) is 0 Å². The SMILES string of the molecule is CC[Si](C#Cc1ccc(-c2c3nc(c(-c4ccc(C#C[Si](CC)(CC)CC)cc4)c4ccc([nH]4)c(-c4ccc(C#C[Si](CC)(CC)CC)cc4)c4nc(c(-c5ccc(C#C[Si](CC)(CC)CC)cc5)c5ccc2[nH]5)C=C4)C=C3)cc1)(CC)CC. The number of hydrogen-bond donors (Lipinski definition) is 2. The molecule has 84 heavy (non-hydrogen) atoms. The van der Waals surface area contributed by atoms with E-state index in [9.17, 15) is 0 Å². The third-order valence-electron chi connectivity index (χ3n) is 19.5. The summed E-state index contributed by atoms with van der Waals surface area (Å²) < 4.78 is 0. The molecule has 9 rings (SSSR count). The van der Waals surface area contributed by atoms with Gasteiger partial charge in [0.05, 0.1) is 22.8 Å². The quantitative estimate of drug-likeness (QED) is 0.0748. The lowest BCUT2D eigenvalue weighted by Gasteiger charge is -2.20. The molecule has 2 aliphatic heterocycles. The van der Waals surface area contributed by atoms with Crippen molar-refractivity contribution in [1.82, 2.24) is 19.9 Å². The van der Waals surface area contributed by atoms with E-state index < -0.39 is 32.3 Å². The third-order valence-corrected chi connectivity index (χ3v) is 38.3. The number of fused-ring (bicyclic) bond motifs is 8. The predicted octanol–water partition coefficient (Wildman–Crippen LogP) is 20.9. The summed E-state index contributed by atoms with van der Waals surface area (Å²) in [7, 11) is -6.57. The van der Waals surface area contributed by atoms with Gasteiger partial charge in [0.1, 0.15) is 32.3 Å². The molecule has 0 fully saturated rings. The van der Waals surface area contributed by atoms with E-state index in [1.807, 2.05) is 0 Å². The molecule has 5 heterocycles. The molecule has 0 atom stereocenters. The number of hydrogen-bond acceptors (Lipinski definition) is 2. The molecule has 0 amide bonds. The highest BCUT2D eigenvalue weighted by Crippen LogP contribution is 2.39. The molecule has 2 N–H and O–H groups in total. The molecule has 8 bridgehead atoms. The van der Waals surface area contributed by atoms with Crippen molar-refractivity contribution in [1.29, 1.82) is 0 Å². The minimum Gasteiger partial charge on any atom is -0.354 e. The standard InChI is InChI=1S/C76H86N4Si4/c1-13-81(14-2,15-3)53-49-57-25-33-61(34-26-57)73-65-41-43-67(77-65)74(62-35-27-58(28-36-62)50-54-82(16-4,17-5)18-6)69-45-47-71(79-69)76(64-39-31-60(32-40-64)52-56-84(22-10,23-11)24-12)72-48-46-70(80-72)75(68-44-42-66(73)78-68)63-37-29-59(30-38-63)51-55-83(19-7,20-8)21-9/h25-48,77,80H,13-24H2,1-12H3. The third kappa shape index (κ3) is 13.0. The van der Waals surface area contributed by atoms with Gasteiger partial charge in [-0.3, -0.25) is 0 Å². The first-order chi connectivity index (χ1) is 40.8. The second-order valence-electron chi connectivity index (χ2n) is 23.2. The molecule has 0 radical (unpaired) electrons. The van der Waals surface area contributed by atoms with E-state index in [0.29, 0.717) is 0 Å². The zero-order valence-electron chi connectivity index (χ0n) is 52.2. The molecule has 0 saturated carbocycles. The van der Waals surface area contributed by atoms with Crippen LogP contribution >= 0.6 is 0 Å². The maximum Gasteiger partial charge on any atom is 0.138 e. The van der Waals surface area contributed by atoms with Gasteiger partial charge in [-0.15, -0.1) is 22.2 Å². The molecular formula is C76H86N4Si4. The first-order valence-electron chi connectivity index (χ1n) is 31.6. The van der Waals surface area contributed by atoms with Gasteiger partial charge < -0.3 is 9.97 Å². The maximum absolute atomic E-state index is 5.66. The highest BCUT2D eigenvalue weighted by molar-refractivity contribution is 6.88. The molecular weight excluding hydrogens is 1080 g/mol. The van der Waals surface area contributed by atoms with Crippen molar-refractivity contribution in [2.24, 2.45) is 0 Å². The molecule has 4 nitrogen and oxygen atoms in total. The van der Waals surface area contributed by atoms with Crippen LogP contribution in [0.25, 0.3) is 90.9 Å². The molecule has 8 heteroatoms. The summed E-state index contributed by atoms with van der Waals surface area (Å²) in [5.74, 6) is 14.5. The van der Waals surface area contributed by atoms with E-state index in [-0.39, 0.29) is 0 Å². The predicted molar refractivity (Wildman–Crippen MR) is 377 cm³/mol. The van der Waals surface area contributed by atoms with Crippen LogP contribution in [0.2, 0.25) is 72.5 Å². The summed E-state index contributed by atoms with van der Waals surface area (Å²) in [6.45, 7) is 27.8. The van der Waals surface area contributed by atoms with Crippen LogP contribution in [0.1, 0.15) is 128 Å². The smallest absolute Gasteiger partial charge is 0.138 e. The number of rotatable bonds is 16. The molecule has 2 aliphatic rings. The Kier molecular flexibility index (Phi) is 19.7. The maximum atomic E-state index is 5.66. The van der Waals surface area contributed by atoms with E-state index in [1.165, 1.54) is 72.5 Å². The first-order valence-corrected chi connectivity index (χ1v) is 42.0. The lowest BCUT2D eigenvalue weighted by atomic mass is 10.0. The van der Waals surface area contributed by atoms with Gasteiger partial charge >= 0.3 is 0 Å². The monoisotopic (exact) mass is 1170 g/mol. The first kappa shape index (κ1) is 61.2. The van der Waals surface area contributed by atoms with Crippen molar-refractivity contribution < 1.29 is 0 Å².